The summed E-state index contributed by atoms with van der Waals surface area (Å²) in [4.78, 5) is 30.2. The summed E-state index contributed by atoms with van der Waals surface area (Å²) in [5, 5.41) is 8.89. The predicted octanol–water partition coefficient (Wildman–Crippen LogP) is 0.260. The van der Waals surface area contributed by atoms with Gasteiger partial charge in [-0.15, -0.1) is 0 Å². The number of aromatic nitrogens is 3. The van der Waals surface area contributed by atoms with E-state index in [9.17, 15) is 9.59 Å². The fraction of sp³-hybridized carbons (Fsp3) is 0.0833. The second-order valence-electron chi connectivity index (χ2n) is 4.14. The number of nitrogens with one attached hydrogen (secondary N) is 1. The van der Waals surface area contributed by atoms with E-state index in [1.165, 1.54) is 10.6 Å². The first-order valence-electron chi connectivity index (χ1n) is 5.56. The van der Waals surface area contributed by atoms with E-state index < -0.39 is 17.6 Å². The maximum absolute atomic E-state index is 12.3. The number of aromatic amines is 1. The summed E-state index contributed by atoms with van der Waals surface area (Å²) in [5.74, 6) is -0.911. The summed E-state index contributed by atoms with van der Waals surface area (Å²) in [6.07, 6.45) is 1.20. The molecule has 0 saturated carbocycles. The average Bonchev–Trinajstić information content (AvgIpc) is 2.77. The van der Waals surface area contributed by atoms with Crippen LogP contribution < -0.4 is 11.3 Å². The Balaban J connectivity index is 2.41. The average molecular weight is 258 g/mol. The number of fused-ring (bicyclic) bond motifs is 3. The van der Waals surface area contributed by atoms with Crippen molar-refractivity contribution in [2.45, 2.75) is 6.04 Å². The third-order valence-corrected chi connectivity index (χ3v) is 2.98. The molecular formula is C12H10N4O3. The Hall–Kier alpha value is -2.67. The fourth-order valence-electron chi connectivity index (χ4n) is 2.02. The minimum Gasteiger partial charge on any atom is -0.480 e. The van der Waals surface area contributed by atoms with Gasteiger partial charge in [0.15, 0.2) is 0 Å². The number of hydrogen-bond acceptors (Lipinski definition) is 4. The lowest BCUT2D eigenvalue weighted by atomic mass is 10.1. The van der Waals surface area contributed by atoms with Gasteiger partial charge in [0.25, 0.3) is 5.56 Å². The molecule has 0 aliphatic carbocycles. The molecule has 0 aliphatic heterocycles. The largest absolute Gasteiger partial charge is 0.480 e. The second-order valence-corrected chi connectivity index (χ2v) is 4.14. The number of imidazole rings is 1. The number of carboxylic acid groups (broad SMARTS) is 1. The molecule has 0 aliphatic rings. The molecule has 1 atom stereocenters. The molecule has 3 aromatic rings. The van der Waals surface area contributed by atoms with Crippen LogP contribution in [0.25, 0.3) is 16.8 Å². The molecule has 0 unspecified atom stereocenters. The van der Waals surface area contributed by atoms with E-state index in [2.05, 4.69) is 9.97 Å². The van der Waals surface area contributed by atoms with Crippen LogP contribution in [0.2, 0.25) is 0 Å². The molecule has 0 amide bonds. The van der Waals surface area contributed by atoms with Crippen LogP contribution in [0.4, 0.5) is 0 Å². The highest BCUT2D eigenvalue weighted by molar-refractivity contribution is 5.80. The van der Waals surface area contributed by atoms with E-state index in [0.29, 0.717) is 11.3 Å². The molecule has 0 saturated heterocycles. The molecule has 7 heteroatoms. The number of hydrogen-bond donors (Lipinski definition) is 3. The quantitative estimate of drug-likeness (QED) is 0.610. The number of nitrogens with two attached hydrogens (primary N) is 1. The molecule has 2 aromatic heterocycles. The number of H-pyrrole nitrogens is 1. The van der Waals surface area contributed by atoms with Crippen LogP contribution >= 0.6 is 0 Å². The van der Waals surface area contributed by atoms with Crippen molar-refractivity contribution < 1.29 is 9.90 Å². The molecule has 2 heterocycles. The van der Waals surface area contributed by atoms with Crippen molar-refractivity contribution in [3.05, 3.63) is 46.4 Å². The van der Waals surface area contributed by atoms with Crippen molar-refractivity contribution >= 4 is 22.8 Å². The van der Waals surface area contributed by atoms with Gasteiger partial charge in [-0.3, -0.25) is 9.59 Å². The SMILES string of the molecule is N[C@H](C(=O)O)c1cnc2[nH]c3ccccc3n2c1=O. The number of benzene rings is 1. The number of nitrogens with zero attached hydrogens (tertiary/aromatic N) is 2. The Morgan fingerprint density at radius 3 is 2.89 bits per heavy atom. The van der Waals surface area contributed by atoms with E-state index >= 15 is 0 Å². The summed E-state index contributed by atoms with van der Waals surface area (Å²) < 4.78 is 1.33. The van der Waals surface area contributed by atoms with Gasteiger partial charge in [-0.25, -0.2) is 9.38 Å². The predicted molar refractivity (Wildman–Crippen MR) is 67.9 cm³/mol. The van der Waals surface area contributed by atoms with E-state index in [0.717, 1.165) is 5.52 Å². The van der Waals surface area contributed by atoms with E-state index in [1.807, 2.05) is 6.07 Å². The number of para-hydroxylation sites is 2. The van der Waals surface area contributed by atoms with Gasteiger partial charge in [-0.05, 0) is 12.1 Å². The van der Waals surface area contributed by atoms with Gasteiger partial charge in [-0.2, -0.15) is 0 Å². The van der Waals surface area contributed by atoms with Crippen LogP contribution in [0.1, 0.15) is 11.6 Å². The van der Waals surface area contributed by atoms with Crippen molar-refractivity contribution in [3.8, 4) is 0 Å². The zero-order valence-electron chi connectivity index (χ0n) is 9.70. The molecule has 19 heavy (non-hydrogen) atoms. The van der Waals surface area contributed by atoms with Crippen molar-refractivity contribution in [1.82, 2.24) is 14.4 Å². The van der Waals surface area contributed by atoms with Crippen LogP contribution in [0.3, 0.4) is 0 Å². The Morgan fingerprint density at radius 2 is 2.16 bits per heavy atom. The summed E-state index contributed by atoms with van der Waals surface area (Å²) in [5.41, 5.74) is 6.34. The Bertz CT molecular complexity index is 849. The molecule has 96 valence electrons. The minimum absolute atomic E-state index is 0.0465. The molecule has 3 rings (SSSR count). The molecule has 0 fully saturated rings. The first-order valence-corrected chi connectivity index (χ1v) is 5.56. The van der Waals surface area contributed by atoms with Crippen LogP contribution in [-0.4, -0.2) is 25.4 Å². The van der Waals surface area contributed by atoms with Gasteiger partial charge in [0.1, 0.15) is 6.04 Å². The van der Waals surface area contributed by atoms with Gasteiger partial charge in [0.2, 0.25) is 5.78 Å². The maximum atomic E-state index is 12.3. The summed E-state index contributed by atoms with van der Waals surface area (Å²) in [6, 6.07) is 5.78. The van der Waals surface area contributed by atoms with E-state index in [-0.39, 0.29) is 5.56 Å². The van der Waals surface area contributed by atoms with Crippen LogP contribution in [-0.2, 0) is 4.79 Å². The van der Waals surface area contributed by atoms with Gasteiger partial charge in [0, 0.05) is 6.20 Å². The van der Waals surface area contributed by atoms with Crippen LogP contribution in [0.15, 0.2) is 35.3 Å². The highest BCUT2D eigenvalue weighted by atomic mass is 16.4. The highest BCUT2D eigenvalue weighted by Gasteiger charge is 2.20. The lowest BCUT2D eigenvalue weighted by Crippen LogP contribution is -2.30. The maximum Gasteiger partial charge on any atom is 0.325 e. The van der Waals surface area contributed by atoms with Crippen molar-refractivity contribution in [3.63, 3.8) is 0 Å². The smallest absolute Gasteiger partial charge is 0.325 e. The molecule has 0 radical (unpaired) electrons. The molecule has 1 aromatic carbocycles. The number of carbonyl (C=O) groups is 1. The summed E-state index contributed by atoms with van der Waals surface area (Å²) in [7, 11) is 0. The Labute approximate surface area is 106 Å². The van der Waals surface area contributed by atoms with Gasteiger partial charge >= 0.3 is 5.97 Å². The Kier molecular flexibility index (Phi) is 2.36. The van der Waals surface area contributed by atoms with Crippen molar-refractivity contribution in [1.29, 1.82) is 0 Å². The molecule has 7 nitrogen and oxygen atoms in total. The normalized spacial score (nSPS) is 12.9. The zero-order valence-corrected chi connectivity index (χ0v) is 9.70. The van der Waals surface area contributed by atoms with Crippen LogP contribution in [0.5, 0.6) is 0 Å². The van der Waals surface area contributed by atoms with Crippen molar-refractivity contribution in [2.24, 2.45) is 5.73 Å². The van der Waals surface area contributed by atoms with Crippen LogP contribution in [0, 0.1) is 0 Å². The lowest BCUT2D eigenvalue weighted by molar-refractivity contribution is -0.138. The minimum atomic E-state index is -1.38. The Morgan fingerprint density at radius 1 is 1.42 bits per heavy atom. The molecule has 0 bridgehead atoms. The third kappa shape index (κ3) is 1.59. The second kappa shape index (κ2) is 3.92. The van der Waals surface area contributed by atoms with Gasteiger partial charge in [0.05, 0.1) is 16.6 Å². The third-order valence-electron chi connectivity index (χ3n) is 2.98. The first-order chi connectivity index (χ1) is 9.09. The highest BCUT2D eigenvalue weighted by Crippen LogP contribution is 2.14. The molecule has 4 N–H and O–H groups in total. The lowest BCUT2D eigenvalue weighted by Gasteiger charge is -2.05. The van der Waals surface area contributed by atoms with E-state index in [4.69, 9.17) is 10.8 Å². The molecule has 0 spiro atoms. The summed E-state index contributed by atoms with van der Waals surface area (Å²) >= 11 is 0. The number of carboxylic acids is 1. The zero-order chi connectivity index (χ0) is 13.6. The topological polar surface area (TPSA) is 113 Å². The van der Waals surface area contributed by atoms with Crippen molar-refractivity contribution in [2.75, 3.05) is 0 Å². The van der Waals surface area contributed by atoms with E-state index in [1.54, 1.807) is 18.2 Å². The standard InChI is InChI=1S/C12H10N4O3/c13-9(11(18)19)6-5-14-12-15-7-3-1-2-4-8(7)16(12)10(6)17/h1-5,9H,13H2,(H,14,15)(H,18,19)/t9-/m0/s1. The molecular weight excluding hydrogens is 248 g/mol. The first kappa shape index (κ1) is 11.4. The van der Waals surface area contributed by atoms with Gasteiger partial charge < -0.3 is 15.8 Å². The monoisotopic (exact) mass is 258 g/mol. The number of rotatable bonds is 2. The number of aliphatic carboxylic acids is 1. The van der Waals surface area contributed by atoms with Gasteiger partial charge in [-0.1, -0.05) is 12.1 Å². The summed E-state index contributed by atoms with van der Waals surface area (Å²) in [6.45, 7) is 0. The fourth-order valence-corrected chi connectivity index (χ4v) is 2.02.